The number of carbonyl (C=O) groups is 2. The van der Waals surface area contributed by atoms with Gasteiger partial charge in [-0.3, -0.25) is 4.90 Å². The minimum absolute atomic E-state index is 0.131. The van der Waals surface area contributed by atoms with E-state index in [0.29, 0.717) is 34.7 Å². The number of carbonyl (C=O) groups excluding carboxylic acids is 1. The number of benzene rings is 1. The number of fused-ring (bicyclic) bond motifs is 3. The van der Waals surface area contributed by atoms with Crippen LogP contribution in [0.5, 0.6) is 0 Å². The third kappa shape index (κ3) is 5.02. The molecule has 2 saturated heterocycles. The Balaban J connectivity index is 1.59. The van der Waals surface area contributed by atoms with E-state index >= 15 is 4.39 Å². The van der Waals surface area contributed by atoms with Gasteiger partial charge in [0, 0.05) is 37.1 Å². The number of anilines is 1. The summed E-state index contributed by atoms with van der Waals surface area (Å²) in [5, 5.41) is 10.7. The number of pyridine rings is 1. The molecule has 0 saturated carbocycles. The van der Waals surface area contributed by atoms with Gasteiger partial charge in [-0.1, -0.05) is 11.6 Å². The molecule has 2 atom stereocenters. The lowest BCUT2D eigenvalue weighted by atomic mass is 9.96. The summed E-state index contributed by atoms with van der Waals surface area (Å²) in [6.45, 7) is 6.84. The second-order valence-corrected chi connectivity index (χ2v) is 12.6. The lowest BCUT2D eigenvalue weighted by molar-refractivity contribution is -0.145. The number of imidazole rings is 1. The molecular weight excluding hydrogens is 595 g/mol. The van der Waals surface area contributed by atoms with Crippen LogP contribution in [0, 0.1) is 5.82 Å². The van der Waals surface area contributed by atoms with Gasteiger partial charge in [0.25, 0.3) is 0 Å². The van der Waals surface area contributed by atoms with E-state index in [2.05, 4.69) is 30.7 Å². The highest BCUT2D eigenvalue weighted by Gasteiger charge is 2.40. The number of ether oxygens (including phenoxy) is 1. The number of carboxylic acid groups (broad SMARTS) is 1. The maximum atomic E-state index is 15.5. The molecule has 2 aliphatic rings. The first-order valence-corrected chi connectivity index (χ1v) is 13.9. The van der Waals surface area contributed by atoms with Crippen molar-refractivity contribution in [1.82, 2.24) is 24.3 Å². The van der Waals surface area contributed by atoms with Crippen molar-refractivity contribution in [3.05, 3.63) is 27.7 Å². The topological polar surface area (TPSA) is 104 Å². The minimum Gasteiger partial charge on any atom is -0.480 e. The summed E-state index contributed by atoms with van der Waals surface area (Å²) in [4.78, 5) is 39.9. The van der Waals surface area contributed by atoms with E-state index < -0.39 is 29.5 Å². The van der Waals surface area contributed by atoms with Gasteiger partial charge in [-0.05, 0) is 69.7 Å². The molecule has 0 radical (unpaired) electrons. The maximum absolute atomic E-state index is 15.5. The smallest absolute Gasteiger partial charge is 0.411 e. The van der Waals surface area contributed by atoms with E-state index in [-0.39, 0.29) is 34.0 Å². The fourth-order valence-corrected chi connectivity index (χ4v) is 5.74. The molecule has 10 nitrogen and oxygen atoms in total. The minimum atomic E-state index is -1.12. The normalized spacial score (nSPS) is 20.6. The average Bonchev–Trinajstić information content (AvgIpc) is 3.26. The zero-order chi connectivity index (χ0) is 28.4. The van der Waals surface area contributed by atoms with Crippen LogP contribution in [-0.4, -0.2) is 92.9 Å². The SMILES string of the molecule is CN(C)C1CN(c2nc3c(F)c(Br)c(Cl)cc3c3c2ncn3[C@H]2CCN(C(=O)OC(C)(C)C)[C@H](C(=O)O)C2)C1. The monoisotopic (exact) mass is 624 g/mol. The summed E-state index contributed by atoms with van der Waals surface area (Å²) in [6.07, 6.45) is 1.59. The van der Waals surface area contributed by atoms with Crippen molar-refractivity contribution in [2.45, 2.75) is 57.3 Å². The molecule has 4 heterocycles. The van der Waals surface area contributed by atoms with Crippen LogP contribution in [-0.2, 0) is 9.53 Å². The van der Waals surface area contributed by atoms with E-state index in [4.69, 9.17) is 21.3 Å². The fourth-order valence-electron chi connectivity index (χ4n) is 5.25. The predicted octanol–water partition coefficient (Wildman–Crippen LogP) is 4.91. The molecule has 0 bridgehead atoms. The number of aromatic nitrogens is 3. The number of piperidine rings is 1. The zero-order valence-electron chi connectivity index (χ0n) is 22.4. The van der Waals surface area contributed by atoms with Gasteiger partial charge in [-0.15, -0.1) is 0 Å². The van der Waals surface area contributed by atoms with Crippen LogP contribution < -0.4 is 4.90 Å². The van der Waals surface area contributed by atoms with Gasteiger partial charge in [0.15, 0.2) is 11.6 Å². The highest BCUT2D eigenvalue weighted by molar-refractivity contribution is 9.10. The first kappa shape index (κ1) is 27.9. The molecule has 13 heteroatoms. The van der Waals surface area contributed by atoms with Gasteiger partial charge in [0.05, 0.1) is 21.3 Å². The third-order valence-corrected chi connectivity index (χ3v) is 8.69. The third-order valence-electron chi connectivity index (χ3n) is 7.39. The number of likely N-dealkylation sites (N-methyl/N-ethyl adjacent to an activating group) is 1. The highest BCUT2D eigenvalue weighted by Crippen LogP contribution is 2.41. The van der Waals surface area contributed by atoms with Crippen molar-refractivity contribution < 1.29 is 23.8 Å². The van der Waals surface area contributed by atoms with Gasteiger partial charge < -0.3 is 24.2 Å². The van der Waals surface area contributed by atoms with Gasteiger partial charge in [0.1, 0.15) is 22.7 Å². The van der Waals surface area contributed by atoms with Crippen LogP contribution in [0.2, 0.25) is 5.02 Å². The number of aliphatic carboxylic acids is 1. The lowest BCUT2D eigenvalue weighted by Crippen LogP contribution is -2.57. The Morgan fingerprint density at radius 3 is 2.56 bits per heavy atom. The molecule has 0 spiro atoms. The molecule has 0 unspecified atom stereocenters. The quantitative estimate of drug-likeness (QED) is 0.408. The Morgan fingerprint density at radius 1 is 1.26 bits per heavy atom. The fraction of sp³-hybridized carbons (Fsp3) is 0.538. The van der Waals surface area contributed by atoms with E-state index in [1.165, 1.54) is 4.90 Å². The number of hydrogen-bond acceptors (Lipinski definition) is 7. The number of rotatable bonds is 4. The van der Waals surface area contributed by atoms with E-state index in [1.54, 1.807) is 33.2 Å². The molecule has 3 aromatic rings. The Bertz CT molecular complexity index is 1470. The highest BCUT2D eigenvalue weighted by atomic mass is 79.9. The van der Waals surface area contributed by atoms with Crippen molar-refractivity contribution >= 4 is 67.3 Å². The first-order chi connectivity index (χ1) is 18.3. The van der Waals surface area contributed by atoms with Crippen LogP contribution in [0.25, 0.3) is 21.9 Å². The van der Waals surface area contributed by atoms with Crippen LogP contribution >= 0.6 is 27.5 Å². The van der Waals surface area contributed by atoms with Crippen LogP contribution in [0.1, 0.15) is 39.7 Å². The van der Waals surface area contributed by atoms with Crippen molar-refractivity contribution in [3.8, 4) is 0 Å². The lowest BCUT2D eigenvalue weighted by Gasteiger charge is -2.43. The van der Waals surface area contributed by atoms with Crippen LogP contribution in [0.3, 0.4) is 0 Å². The summed E-state index contributed by atoms with van der Waals surface area (Å²) in [6, 6.07) is 0.596. The second-order valence-electron chi connectivity index (χ2n) is 11.4. The van der Waals surface area contributed by atoms with E-state index in [9.17, 15) is 14.7 Å². The predicted molar refractivity (Wildman–Crippen MR) is 150 cm³/mol. The number of likely N-dealkylation sites (tertiary alicyclic amines) is 1. The van der Waals surface area contributed by atoms with Crippen molar-refractivity contribution in [2.24, 2.45) is 0 Å². The number of halogens is 3. The number of nitrogens with zero attached hydrogens (tertiary/aromatic N) is 6. The van der Waals surface area contributed by atoms with Crippen LogP contribution in [0.15, 0.2) is 16.9 Å². The summed E-state index contributed by atoms with van der Waals surface area (Å²) >= 11 is 9.60. The molecule has 2 aliphatic heterocycles. The first-order valence-electron chi connectivity index (χ1n) is 12.7. The molecule has 210 valence electrons. The van der Waals surface area contributed by atoms with Gasteiger partial charge in [0.2, 0.25) is 0 Å². The Labute approximate surface area is 238 Å². The Hall–Kier alpha value is -2.70. The molecule has 2 fully saturated rings. The van der Waals surface area contributed by atoms with Crippen molar-refractivity contribution in [2.75, 3.05) is 38.6 Å². The summed E-state index contributed by atoms with van der Waals surface area (Å²) < 4.78 is 23.0. The maximum Gasteiger partial charge on any atom is 0.411 e. The van der Waals surface area contributed by atoms with Crippen molar-refractivity contribution in [1.29, 1.82) is 0 Å². The zero-order valence-corrected chi connectivity index (χ0v) is 24.8. The number of carboxylic acids is 1. The molecule has 1 N–H and O–H groups in total. The van der Waals surface area contributed by atoms with Gasteiger partial charge in [-0.25, -0.2) is 23.9 Å². The van der Waals surface area contributed by atoms with Crippen molar-refractivity contribution in [3.63, 3.8) is 0 Å². The molecule has 1 amide bonds. The average molecular weight is 626 g/mol. The Kier molecular flexibility index (Phi) is 7.17. The largest absolute Gasteiger partial charge is 0.480 e. The summed E-state index contributed by atoms with van der Waals surface area (Å²) in [5.74, 6) is -1.11. The molecule has 1 aromatic carbocycles. The molecule has 2 aromatic heterocycles. The standard InChI is InChI=1S/C26H31BrClFN6O4/c1-26(2,3)39-25(38)34-7-6-13(8-17(34)24(36)37)35-12-30-21-22(35)15-9-16(28)18(27)19(29)20(15)31-23(21)33-10-14(11-33)32(4)5/h9,12-14,17H,6-8,10-11H2,1-5H3,(H,36,37)/t13-,17-/m0/s1. The molecule has 39 heavy (non-hydrogen) atoms. The van der Waals surface area contributed by atoms with Gasteiger partial charge in [-0.2, -0.15) is 0 Å². The summed E-state index contributed by atoms with van der Waals surface area (Å²) in [7, 11) is 4.03. The van der Waals surface area contributed by atoms with Gasteiger partial charge >= 0.3 is 12.1 Å². The molecule has 0 aliphatic carbocycles. The van der Waals surface area contributed by atoms with E-state index in [0.717, 1.165) is 13.1 Å². The number of amides is 1. The Morgan fingerprint density at radius 2 is 1.95 bits per heavy atom. The summed E-state index contributed by atoms with van der Waals surface area (Å²) in [5.41, 5.74) is 0.639. The molecule has 5 rings (SSSR count). The van der Waals surface area contributed by atoms with Crippen LogP contribution in [0.4, 0.5) is 15.0 Å². The molecular formula is C26H31BrClFN6O4. The number of hydrogen-bond donors (Lipinski definition) is 1. The van der Waals surface area contributed by atoms with E-state index in [1.807, 2.05) is 18.7 Å². The second kappa shape index (κ2) is 10.0.